The quantitative estimate of drug-likeness (QED) is 0.870. The van der Waals surface area contributed by atoms with Crippen LogP contribution in [-0.2, 0) is 6.54 Å². The highest BCUT2D eigenvalue weighted by atomic mass is 16.5. The summed E-state index contributed by atoms with van der Waals surface area (Å²) in [4.78, 5) is 0. The van der Waals surface area contributed by atoms with E-state index in [1.807, 2.05) is 49.4 Å². The van der Waals surface area contributed by atoms with Crippen molar-refractivity contribution < 1.29 is 4.74 Å². The Kier molecular flexibility index (Phi) is 3.78. The fraction of sp³-hybridized carbons (Fsp3) is 0.200. The van der Waals surface area contributed by atoms with Gasteiger partial charge in [-0.05, 0) is 30.2 Å². The standard InChI is InChI=1S/C15H17NO/c1-12(14-5-3-2-4-6-14)17-15-9-7-13(11-16)8-10-15/h2-10,12H,11,16H2,1H3. The molecule has 0 radical (unpaired) electrons. The predicted octanol–water partition coefficient (Wildman–Crippen LogP) is 3.29. The van der Waals surface area contributed by atoms with E-state index in [1.165, 1.54) is 5.56 Å². The minimum atomic E-state index is 0.0555. The minimum absolute atomic E-state index is 0.0555. The normalized spacial score (nSPS) is 12.1. The Morgan fingerprint density at radius 2 is 1.65 bits per heavy atom. The molecule has 0 bridgehead atoms. The van der Waals surface area contributed by atoms with Crippen LogP contribution < -0.4 is 10.5 Å². The summed E-state index contributed by atoms with van der Waals surface area (Å²) in [5.41, 5.74) is 7.84. The summed E-state index contributed by atoms with van der Waals surface area (Å²) in [5.74, 6) is 0.874. The Bertz CT molecular complexity index is 450. The van der Waals surface area contributed by atoms with Gasteiger partial charge in [0.25, 0.3) is 0 Å². The van der Waals surface area contributed by atoms with Gasteiger partial charge >= 0.3 is 0 Å². The first-order valence-corrected chi connectivity index (χ1v) is 5.80. The van der Waals surface area contributed by atoms with Gasteiger partial charge < -0.3 is 10.5 Å². The lowest BCUT2D eigenvalue weighted by Crippen LogP contribution is -2.03. The summed E-state index contributed by atoms with van der Waals surface area (Å²) in [6.07, 6.45) is 0.0555. The lowest BCUT2D eigenvalue weighted by atomic mass is 10.1. The fourth-order valence-corrected chi connectivity index (χ4v) is 1.70. The van der Waals surface area contributed by atoms with Crippen LogP contribution in [0.5, 0.6) is 5.75 Å². The van der Waals surface area contributed by atoms with Crippen LogP contribution in [0.2, 0.25) is 0 Å². The molecule has 0 aliphatic heterocycles. The molecule has 2 heteroatoms. The molecule has 0 saturated carbocycles. The number of rotatable bonds is 4. The second kappa shape index (κ2) is 5.51. The van der Waals surface area contributed by atoms with Crippen molar-refractivity contribution in [1.29, 1.82) is 0 Å². The van der Waals surface area contributed by atoms with Gasteiger partial charge in [0.2, 0.25) is 0 Å². The number of nitrogens with two attached hydrogens (primary N) is 1. The lowest BCUT2D eigenvalue weighted by Gasteiger charge is -2.15. The molecule has 0 heterocycles. The molecule has 2 N–H and O–H groups in total. The first-order valence-electron chi connectivity index (χ1n) is 5.80. The van der Waals surface area contributed by atoms with Gasteiger partial charge in [-0.25, -0.2) is 0 Å². The average molecular weight is 227 g/mol. The van der Waals surface area contributed by atoms with Gasteiger partial charge in [0.15, 0.2) is 0 Å². The Balaban J connectivity index is 2.05. The van der Waals surface area contributed by atoms with Crippen LogP contribution in [0.1, 0.15) is 24.2 Å². The molecule has 2 nitrogen and oxygen atoms in total. The summed E-state index contributed by atoms with van der Waals surface area (Å²) >= 11 is 0. The molecule has 0 spiro atoms. The van der Waals surface area contributed by atoms with Crippen LogP contribution in [-0.4, -0.2) is 0 Å². The number of ether oxygens (including phenoxy) is 1. The highest BCUT2D eigenvalue weighted by molar-refractivity contribution is 5.28. The second-order valence-electron chi connectivity index (χ2n) is 4.02. The van der Waals surface area contributed by atoms with Crippen molar-refractivity contribution in [2.45, 2.75) is 19.6 Å². The van der Waals surface area contributed by atoms with Crippen molar-refractivity contribution >= 4 is 0 Å². The highest BCUT2D eigenvalue weighted by Gasteiger charge is 2.05. The molecule has 0 saturated heterocycles. The molecular formula is C15H17NO. The van der Waals surface area contributed by atoms with E-state index < -0.39 is 0 Å². The summed E-state index contributed by atoms with van der Waals surface area (Å²) in [6.45, 7) is 2.61. The molecule has 0 amide bonds. The number of hydrogen-bond acceptors (Lipinski definition) is 2. The van der Waals surface area contributed by atoms with E-state index in [0.29, 0.717) is 6.54 Å². The third-order valence-electron chi connectivity index (χ3n) is 2.74. The SMILES string of the molecule is CC(Oc1ccc(CN)cc1)c1ccccc1. The number of hydrogen-bond donors (Lipinski definition) is 1. The van der Waals surface area contributed by atoms with Gasteiger partial charge in [0.05, 0.1) is 0 Å². The van der Waals surface area contributed by atoms with Crippen molar-refractivity contribution in [3.8, 4) is 5.75 Å². The molecular weight excluding hydrogens is 210 g/mol. The summed E-state index contributed by atoms with van der Waals surface area (Å²) in [5, 5.41) is 0. The Morgan fingerprint density at radius 1 is 1.00 bits per heavy atom. The van der Waals surface area contributed by atoms with Gasteiger partial charge in [-0.1, -0.05) is 42.5 Å². The van der Waals surface area contributed by atoms with Crippen LogP contribution in [0.15, 0.2) is 54.6 Å². The van der Waals surface area contributed by atoms with Crippen LogP contribution in [0, 0.1) is 0 Å². The maximum absolute atomic E-state index is 5.86. The Labute approximate surface area is 102 Å². The average Bonchev–Trinajstić information content (AvgIpc) is 2.40. The van der Waals surface area contributed by atoms with E-state index in [4.69, 9.17) is 10.5 Å². The van der Waals surface area contributed by atoms with Crippen LogP contribution >= 0.6 is 0 Å². The van der Waals surface area contributed by atoms with E-state index in [-0.39, 0.29) is 6.10 Å². The van der Waals surface area contributed by atoms with E-state index in [1.54, 1.807) is 0 Å². The highest BCUT2D eigenvalue weighted by Crippen LogP contribution is 2.21. The zero-order chi connectivity index (χ0) is 12.1. The van der Waals surface area contributed by atoms with Gasteiger partial charge in [0.1, 0.15) is 11.9 Å². The van der Waals surface area contributed by atoms with Crippen molar-refractivity contribution in [1.82, 2.24) is 0 Å². The first-order chi connectivity index (χ1) is 8.29. The van der Waals surface area contributed by atoms with Gasteiger partial charge in [-0.15, -0.1) is 0 Å². The summed E-state index contributed by atoms with van der Waals surface area (Å²) < 4.78 is 5.86. The minimum Gasteiger partial charge on any atom is -0.486 e. The molecule has 0 aromatic heterocycles. The van der Waals surface area contributed by atoms with Crippen molar-refractivity contribution in [2.75, 3.05) is 0 Å². The van der Waals surface area contributed by atoms with Gasteiger partial charge in [-0.3, -0.25) is 0 Å². The Hall–Kier alpha value is -1.80. The molecule has 1 atom stereocenters. The van der Waals surface area contributed by atoms with Crippen molar-refractivity contribution in [2.24, 2.45) is 5.73 Å². The second-order valence-corrected chi connectivity index (χ2v) is 4.02. The Morgan fingerprint density at radius 3 is 2.24 bits per heavy atom. The molecule has 0 fully saturated rings. The zero-order valence-electron chi connectivity index (χ0n) is 9.97. The summed E-state index contributed by atoms with van der Waals surface area (Å²) in [7, 11) is 0. The van der Waals surface area contributed by atoms with E-state index >= 15 is 0 Å². The summed E-state index contributed by atoms with van der Waals surface area (Å²) in [6, 6.07) is 18.1. The molecule has 88 valence electrons. The zero-order valence-corrected chi connectivity index (χ0v) is 9.97. The lowest BCUT2D eigenvalue weighted by molar-refractivity contribution is 0.227. The van der Waals surface area contributed by atoms with Crippen LogP contribution in [0.25, 0.3) is 0 Å². The topological polar surface area (TPSA) is 35.2 Å². The molecule has 1 unspecified atom stereocenters. The molecule has 2 rings (SSSR count). The maximum Gasteiger partial charge on any atom is 0.121 e. The fourth-order valence-electron chi connectivity index (χ4n) is 1.70. The molecule has 0 aliphatic carbocycles. The van der Waals surface area contributed by atoms with Crippen molar-refractivity contribution in [3.05, 3.63) is 65.7 Å². The van der Waals surface area contributed by atoms with Gasteiger partial charge in [0, 0.05) is 6.54 Å². The van der Waals surface area contributed by atoms with E-state index in [9.17, 15) is 0 Å². The van der Waals surface area contributed by atoms with Crippen LogP contribution in [0.3, 0.4) is 0 Å². The smallest absolute Gasteiger partial charge is 0.121 e. The molecule has 0 aliphatic rings. The third-order valence-corrected chi connectivity index (χ3v) is 2.74. The van der Waals surface area contributed by atoms with Crippen molar-refractivity contribution in [3.63, 3.8) is 0 Å². The van der Waals surface area contributed by atoms with Crippen LogP contribution in [0.4, 0.5) is 0 Å². The maximum atomic E-state index is 5.86. The predicted molar refractivity (Wildman–Crippen MR) is 69.8 cm³/mol. The largest absolute Gasteiger partial charge is 0.486 e. The third kappa shape index (κ3) is 3.08. The monoisotopic (exact) mass is 227 g/mol. The van der Waals surface area contributed by atoms with E-state index in [2.05, 4.69) is 12.1 Å². The molecule has 2 aromatic rings. The van der Waals surface area contributed by atoms with E-state index in [0.717, 1.165) is 11.3 Å². The number of benzene rings is 2. The van der Waals surface area contributed by atoms with Gasteiger partial charge in [-0.2, -0.15) is 0 Å². The molecule has 17 heavy (non-hydrogen) atoms. The first kappa shape index (κ1) is 11.7. The molecule has 2 aromatic carbocycles.